The molecule has 0 saturated heterocycles. The number of nitrogens with zero attached hydrogens (tertiary/aromatic N) is 3. The third kappa shape index (κ3) is 2.41. The van der Waals surface area contributed by atoms with Crippen LogP contribution in [0.4, 0.5) is 0 Å². The standard InChI is InChI=1S/C11H21N3O2/c1-5-9(6-2)14-11(8(3)16-4)10(7-15)12-13-14/h8-9,15H,5-7H2,1-4H3. The Morgan fingerprint density at radius 2 is 2.00 bits per heavy atom. The summed E-state index contributed by atoms with van der Waals surface area (Å²) in [6.45, 7) is 6.09. The highest BCUT2D eigenvalue weighted by atomic mass is 16.5. The Morgan fingerprint density at radius 1 is 1.38 bits per heavy atom. The third-order valence-corrected chi connectivity index (χ3v) is 2.98. The number of hydrogen-bond acceptors (Lipinski definition) is 4. The van der Waals surface area contributed by atoms with Crippen LogP contribution in [-0.4, -0.2) is 27.2 Å². The largest absolute Gasteiger partial charge is 0.390 e. The molecule has 0 saturated carbocycles. The van der Waals surface area contributed by atoms with Gasteiger partial charge in [-0.25, -0.2) is 4.68 Å². The van der Waals surface area contributed by atoms with Gasteiger partial charge in [-0.2, -0.15) is 0 Å². The van der Waals surface area contributed by atoms with Gasteiger partial charge in [0.2, 0.25) is 0 Å². The molecule has 0 aliphatic rings. The minimum Gasteiger partial charge on any atom is -0.390 e. The Labute approximate surface area is 96.4 Å². The van der Waals surface area contributed by atoms with Gasteiger partial charge in [0.1, 0.15) is 5.69 Å². The summed E-state index contributed by atoms with van der Waals surface area (Å²) in [7, 11) is 1.65. The van der Waals surface area contributed by atoms with Crippen LogP contribution < -0.4 is 0 Å². The number of aliphatic hydroxyl groups excluding tert-OH is 1. The number of hydrogen-bond donors (Lipinski definition) is 1. The molecule has 0 radical (unpaired) electrons. The molecule has 16 heavy (non-hydrogen) atoms. The van der Waals surface area contributed by atoms with E-state index in [4.69, 9.17) is 4.74 Å². The van der Waals surface area contributed by atoms with E-state index in [1.165, 1.54) is 0 Å². The molecule has 5 heteroatoms. The van der Waals surface area contributed by atoms with Gasteiger partial charge in [-0.05, 0) is 19.8 Å². The lowest BCUT2D eigenvalue weighted by Crippen LogP contribution is -2.15. The zero-order chi connectivity index (χ0) is 12.1. The molecule has 0 amide bonds. The minimum absolute atomic E-state index is 0.0941. The van der Waals surface area contributed by atoms with E-state index in [1.54, 1.807) is 7.11 Å². The molecular formula is C11H21N3O2. The van der Waals surface area contributed by atoms with Crippen molar-refractivity contribution in [1.82, 2.24) is 15.0 Å². The Balaban J connectivity index is 3.13. The van der Waals surface area contributed by atoms with Crippen molar-refractivity contribution < 1.29 is 9.84 Å². The van der Waals surface area contributed by atoms with Crippen LogP contribution in [0.5, 0.6) is 0 Å². The highest BCUT2D eigenvalue weighted by Crippen LogP contribution is 2.25. The summed E-state index contributed by atoms with van der Waals surface area (Å²) in [6, 6.07) is 0.320. The molecule has 0 aliphatic carbocycles. The van der Waals surface area contributed by atoms with Gasteiger partial charge in [0.25, 0.3) is 0 Å². The van der Waals surface area contributed by atoms with E-state index in [-0.39, 0.29) is 12.7 Å². The fourth-order valence-corrected chi connectivity index (χ4v) is 1.88. The smallest absolute Gasteiger partial charge is 0.114 e. The molecular weight excluding hydrogens is 206 g/mol. The summed E-state index contributed by atoms with van der Waals surface area (Å²) in [4.78, 5) is 0. The van der Waals surface area contributed by atoms with E-state index in [2.05, 4.69) is 24.2 Å². The molecule has 0 aliphatic heterocycles. The van der Waals surface area contributed by atoms with E-state index in [9.17, 15) is 5.11 Å². The summed E-state index contributed by atoms with van der Waals surface area (Å²) in [5.74, 6) is 0. The first kappa shape index (κ1) is 13.1. The number of aliphatic hydroxyl groups is 1. The van der Waals surface area contributed by atoms with Crippen molar-refractivity contribution in [2.24, 2.45) is 0 Å². The zero-order valence-electron chi connectivity index (χ0n) is 10.5. The molecule has 0 aromatic carbocycles. The SMILES string of the molecule is CCC(CC)n1nnc(CO)c1C(C)OC. The quantitative estimate of drug-likeness (QED) is 0.805. The van der Waals surface area contributed by atoms with Crippen LogP contribution in [0.15, 0.2) is 0 Å². The van der Waals surface area contributed by atoms with Gasteiger partial charge in [-0.3, -0.25) is 0 Å². The molecule has 1 N–H and O–H groups in total. The van der Waals surface area contributed by atoms with Crippen LogP contribution in [0.1, 0.15) is 57.1 Å². The number of ether oxygens (including phenoxy) is 1. The molecule has 0 fully saturated rings. The maximum absolute atomic E-state index is 9.23. The van der Waals surface area contributed by atoms with Crippen molar-refractivity contribution >= 4 is 0 Å². The monoisotopic (exact) mass is 227 g/mol. The van der Waals surface area contributed by atoms with Gasteiger partial charge in [-0.1, -0.05) is 19.1 Å². The minimum atomic E-state index is -0.0993. The highest BCUT2D eigenvalue weighted by molar-refractivity contribution is 5.13. The van der Waals surface area contributed by atoms with Gasteiger partial charge in [0.15, 0.2) is 0 Å². The lowest BCUT2D eigenvalue weighted by atomic mass is 10.1. The van der Waals surface area contributed by atoms with Crippen molar-refractivity contribution in [1.29, 1.82) is 0 Å². The topological polar surface area (TPSA) is 60.2 Å². The van der Waals surface area contributed by atoms with E-state index in [0.29, 0.717) is 11.7 Å². The molecule has 1 unspecified atom stereocenters. The summed E-state index contributed by atoms with van der Waals surface area (Å²) in [5, 5.41) is 17.4. The fourth-order valence-electron chi connectivity index (χ4n) is 1.88. The lowest BCUT2D eigenvalue weighted by Gasteiger charge is -2.19. The second-order valence-electron chi connectivity index (χ2n) is 3.87. The molecule has 1 aromatic rings. The second-order valence-corrected chi connectivity index (χ2v) is 3.87. The van der Waals surface area contributed by atoms with Crippen molar-refractivity contribution in [2.45, 2.75) is 52.4 Å². The van der Waals surface area contributed by atoms with Gasteiger partial charge < -0.3 is 9.84 Å². The second kappa shape index (κ2) is 5.96. The van der Waals surface area contributed by atoms with Crippen LogP contribution in [0.2, 0.25) is 0 Å². The van der Waals surface area contributed by atoms with E-state index in [1.807, 2.05) is 11.6 Å². The van der Waals surface area contributed by atoms with Gasteiger partial charge in [0, 0.05) is 7.11 Å². The Bertz CT molecular complexity index is 321. The van der Waals surface area contributed by atoms with Crippen molar-refractivity contribution in [3.63, 3.8) is 0 Å². The van der Waals surface area contributed by atoms with Crippen molar-refractivity contribution in [3.8, 4) is 0 Å². The molecule has 1 atom stereocenters. The summed E-state index contributed by atoms with van der Waals surface area (Å²) >= 11 is 0. The molecule has 1 heterocycles. The fraction of sp³-hybridized carbons (Fsp3) is 0.818. The summed E-state index contributed by atoms with van der Waals surface area (Å²) in [6.07, 6.45) is 1.89. The van der Waals surface area contributed by atoms with Crippen LogP contribution >= 0.6 is 0 Å². The average molecular weight is 227 g/mol. The molecule has 92 valence electrons. The molecule has 5 nitrogen and oxygen atoms in total. The predicted octanol–water partition coefficient (Wildman–Crippen LogP) is 1.84. The van der Waals surface area contributed by atoms with Gasteiger partial charge in [0.05, 0.1) is 24.4 Å². The number of rotatable bonds is 6. The molecule has 1 rings (SSSR count). The van der Waals surface area contributed by atoms with E-state index < -0.39 is 0 Å². The van der Waals surface area contributed by atoms with E-state index in [0.717, 1.165) is 18.5 Å². The van der Waals surface area contributed by atoms with Crippen LogP contribution in [0.3, 0.4) is 0 Å². The maximum Gasteiger partial charge on any atom is 0.114 e. The predicted molar refractivity (Wildman–Crippen MR) is 61.0 cm³/mol. The number of aromatic nitrogens is 3. The summed E-state index contributed by atoms with van der Waals surface area (Å²) in [5.41, 5.74) is 1.50. The first-order valence-electron chi connectivity index (χ1n) is 5.77. The van der Waals surface area contributed by atoms with Gasteiger partial charge in [-0.15, -0.1) is 5.10 Å². The lowest BCUT2D eigenvalue weighted by molar-refractivity contribution is 0.106. The molecule has 0 spiro atoms. The zero-order valence-corrected chi connectivity index (χ0v) is 10.5. The highest BCUT2D eigenvalue weighted by Gasteiger charge is 2.21. The Kier molecular flexibility index (Phi) is 4.89. The summed E-state index contributed by atoms with van der Waals surface area (Å²) < 4.78 is 7.19. The molecule has 0 bridgehead atoms. The van der Waals surface area contributed by atoms with Crippen LogP contribution in [0, 0.1) is 0 Å². The van der Waals surface area contributed by atoms with Crippen molar-refractivity contribution in [3.05, 3.63) is 11.4 Å². The van der Waals surface area contributed by atoms with Crippen LogP contribution in [-0.2, 0) is 11.3 Å². The van der Waals surface area contributed by atoms with Crippen molar-refractivity contribution in [2.75, 3.05) is 7.11 Å². The third-order valence-electron chi connectivity index (χ3n) is 2.98. The van der Waals surface area contributed by atoms with E-state index >= 15 is 0 Å². The first-order valence-corrected chi connectivity index (χ1v) is 5.77. The maximum atomic E-state index is 9.23. The normalized spacial score (nSPS) is 13.4. The van der Waals surface area contributed by atoms with Gasteiger partial charge >= 0.3 is 0 Å². The average Bonchev–Trinajstić information content (AvgIpc) is 2.73. The number of methoxy groups -OCH3 is 1. The van der Waals surface area contributed by atoms with Crippen LogP contribution in [0.25, 0.3) is 0 Å². The molecule has 1 aromatic heterocycles. The Morgan fingerprint density at radius 3 is 2.44 bits per heavy atom. The first-order chi connectivity index (χ1) is 7.69. The Hall–Kier alpha value is -0.940.